The van der Waals surface area contributed by atoms with Crippen LogP contribution in [0.25, 0.3) is 10.8 Å². The molecular weight excluding hydrogens is 278 g/mol. The molecule has 114 valence electrons. The lowest BCUT2D eigenvalue weighted by atomic mass is 10.0. The van der Waals surface area contributed by atoms with Gasteiger partial charge in [0.05, 0.1) is 19.0 Å². The monoisotopic (exact) mass is 297 g/mol. The maximum atomic E-state index is 10.3. The summed E-state index contributed by atoms with van der Waals surface area (Å²) in [4.78, 5) is 13.4. The van der Waals surface area contributed by atoms with Crippen LogP contribution in [-0.4, -0.2) is 35.7 Å². The number of aromatic hydroxyl groups is 1. The molecule has 5 nitrogen and oxygen atoms in total. The number of hydrogen-bond acceptors (Lipinski definition) is 5. The van der Waals surface area contributed by atoms with Crippen molar-refractivity contribution in [2.75, 3.05) is 13.7 Å². The molecule has 0 unspecified atom stereocenters. The van der Waals surface area contributed by atoms with Gasteiger partial charge in [-0.05, 0) is 29.9 Å². The van der Waals surface area contributed by atoms with Gasteiger partial charge in [0.1, 0.15) is 11.4 Å². The summed E-state index contributed by atoms with van der Waals surface area (Å²) in [5, 5.41) is 12.0. The van der Waals surface area contributed by atoms with Gasteiger partial charge in [-0.15, -0.1) is 0 Å². The second-order valence-electron chi connectivity index (χ2n) is 5.74. The minimum absolute atomic E-state index is 0.0433. The Morgan fingerprint density at radius 1 is 1.36 bits per heavy atom. The van der Waals surface area contributed by atoms with Crippen molar-refractivity contribution in [2.24, 2.45) is 15.9 Å². The van der Waals surface area contributed by atoms with Gasteiger partial charge in [0.25, 0.3) is 0 Å². The second kappa shape index (κ2) is 5.75. The fraction of sp³-hybridized carbons (Fsp3) is 0.353. The first-order valence-electron chi connectivity index (χ1n) is 7.39. The molecular formula is C17H19N3O2. The predicted molar refractivity (Wildman–Crippen MR) is 89.0 cm³/mol. The molecule has 5 heteroatoms. The molecule has 22 heavy (non-hydrogen) atoms. The maximum Gasteiger partial charge on any atom is 0.184 e. The minimum atomic E-state index is 0.0433. The summed E-state index contributed by atoms with van der Waals surface area (Å²) < 4.78 is 5.20. The lowest BCUT2D eigenvalue weighted by Crippen LogP contribution is -2.11. The largest absolute Gasteiger partial charge is 0.503 e. The molecule has 1 aliphatic heterocycles. The SMILES string of the molecule is COc1cc2ccnc3c2c(c1O)N=CC3=NCCC(C)C. The zero-order valence-corrected chi connectivity index (χ0v) is 13.0. The molecule has 2 heterocycles. The number of rotatable bonds is 4. The van der Waals surface area contributed by atoms with Crippen molar-refractivity contribution in [1.82, 2.24) is 4.98 Å². The Morgan fingerprint density at radius 3 is 2.91 bits per heavy atom. The van der Waals surface area contributed by atoms with Crippen molar-refractivity contribution < 1.29 is 9.84 Å². The van der Waals surface area contributed by atoms with E-state index in [2.05, 4.69) is 28.8 Å². The van der Waals surface area contributed by atoms with Crippen LogP contribution in [0.2, 0.25) is 0 Å². The number of methoxy groups -OCH3 is 1. The Morgan fingerprint density at radius 2 is 2.18 bits per heavy atom. The van der Waals surface area contributed by atoms with Crippen LogP contribution < -0.4 is 4.74 Å². The number of phenols is 1. The van der Waals surface area contributed by atoms with E-state index in [1.807, 2.05) is 6.07 Å². The molecule has 0 aliphatic carbocycles. The van der Waals surface area contributed by atoms with E-state index in [9.17, 15) is 5.11 Å². The van der Waals surface area contributed by atoms with E-state index >= 15 is 0 Å². The number of pyridine rings is 1. The standard InChI is InChI=1S/C17H19N3O2/c1-10(2)4-6-18-12-9-20-16-14-11(5-7-19-15(12)14)8-13(22-3)17(16)21/h5,7-10,21H,4,6H2,1-3H3. The van der Waals surface area contributed by atoms with Crippen LogP contribution >= 0.6 is 0 Å². The van der Waals surface area contributed by atoms with E-state index in [1.54, 1.807) is 18.5 Å². The van der Waals surface area contributed by atoms with Gasteiger partial charge in [-0.2, -0.15) is 0 Å². The summed E-state index contributed by atoms with van der Waals surface area (Å²) in [6.07, 6.45) is 4.44. The third-order valence-corrected chi connectivity index (χ3v) is 3.73. The van der Waals surface area contributed by atoms with Gasteiger partial charge in [-0.3, -0.25) is 9.98 Å². The Hall–Kier alpha value is -2.43. The predicted octanol–water partition coefficient (Wildman–Crippen LogP) is 3.50. The molecule has 1 aliphatic rings. The van der Waals surface area contributed by atoms with Crippen molar-refractivity contribution in [2.45, 2.75) is 20.3 Å². The Kier molecular flexibility index (Phi) is 3.79. The molecule has 0 fully saturated rings. The van der Waals surface area contributed by atoms with E-state index in [1.165, 1.54) is 7.11 Å². The number of aliphatic imine (C=N–C) groups is 2. The number of phenolic OH excluding ortho intramolecular Hbond substituents is 1. The Bertz CT molecular complexity index is 779. The van der Waals surface area contributed by atoms with Crippen molar-refractivity contribution >= 4 is 28.4 Å². The van der Waals surface area contributed by atoms with Crippen molar-refractivity contribution in [1.29, 1.82) is 0 Å². The van der Waals surface area contributed by atoms with Crippen LogP contribution in [-0.2, 0) is 0 Å². The summed E-state index contributed by atoms with van der Waals surface area (Å²) in [7, 11) is 1.53. The highest BCUT2D eigenvalue weighted by Gasteiger charge is 2.21. The summed E-state index contributed by atoms with van der Waals surface area (Å²) in [5.74, 6) is 1.06. The van der Waals surface area contributed by atoms with Crippen molar-refractivity contribution in [3.05, 3.63) is 24.0 Å². The lowest BCUT2D eigenvalue weighted by molar-refractivity contribution is 0.375. The third kappa shape index (κ3) is 2.43. The van der Waals surface area contributed by atoms with Crippen molar-refractivity contribution in [3.63, 3.8) is 0 Å². The lowest BCUT2D eigenvalue weighted by Gasteiger charge is -2.16. The first kappa shape index (κ1) is 14.5. The highest BCUT2D eigenvalue weighted by Crippen LogP contribution is 2.44. The molecule has 3 rings (SSSR count). The molecule has 0 amide bonds. The summed E-state index contributed by atoms with van der Waals surface area (Å²) in [5.41, 5.74) is 2.03. The summed E-state index contributed by atoms with van der Waals surface area (Å²) >= 11 is 0. The van der Waals surface area contributed by atoms with Gasteiger partial charge < -0.3 is 9.84 Å². The van der Waals surface area contributed by atoms with Crippen LogP contribution in [0, 0.1) is 5.92 Å². The molecule has 0 saturated heterocycles. The van der Waals surface area contributed by atoms with E-state index in [0.717, 1.165) is 35.1 Å². The van der Waals surface area contributed by atoms with Crippen molar-refractivity contribution in [3.8, 4) is 11.5 Å². The van der Waals surface area contributed by atoms with Gasteiger partial charge >= 0.3 is 0 Å². The van der Waals surface area contributed by atoms with E-state index in [0.29, 0.717) is 17.4 Å². The van der Waals surface area contributed by atoms with E-state index in [-0.39, 0.29) is 5.75 Å². The molecule has 0 atom stereocenters. The summed E-state index contributed by atoms with van der Waals surface area (Å²) in [6.45, 7) is 5.09. The molecule has 0 spiro atoms. The van der Waals surface area contributed by atoms with E-state index in [4.69, 9.17) is 4.74 Å². The highest BCUT2D eigenvalue weighted by atomic mass is 16.5. The fourth-order valence-corrected chi connectivity index (χ4v) is 2.51. The molecule has 1 N–H and O–H groups in total. The number of aromatic nitrogens is 1. The number of benzene rings is 1. The normalized spacial score (nSPS) is 15.0. The second-order valence-corrected chi connectivity index (χ2v) is 5.74. The molecule has 0 bridgehead atoms. The van der Waals surface area contributed by atoms with Crippen LogP contribution in [0.15, 0.2) is 28.3 Å². The van der Waals surface area contributed by atoms with Gasteiger partial charge in [0.2, 0.25) is 0 Å². The number of hydrogen-bond donors (Lipinski definition) is 1. The third-order valence-electron chi connectivity index (χ3n) is 3.73. The number of nitrogens with zero attached hydrogens (tertiary/aromatic N) is 3. The van der Waals surface area contributed by atoms with Crippen LogP contribution in [0.1, 0.15) is 26.0 Å². The Balaban J connectivity index is 2.13. The molecule has 1 aromatic carbocycles. The molecule has 0 radical (unpaired) electrons. The smallest absolute Gasteiger partial charge is 0.184 e. The topological polar surface area (TPSA) is 67.1 Å². The van der Waals surface area contributed by atoms with Gasteiger partial charge in [-0.1, -0.05) is 13.8 Å². The van der Waals surface area contributed by atoms with Crippen LogP contribution in [0.4, 0.5) is 5.69 Å². The first-order valence-corrected chi connectivity index (χ1v) is 7.39. The number of ether oxygens (including phenoxy) is 1. The van der Waals surface area contributed by atoms with E-state index < -0.39 is 0 Å². The fourth-order valence-electron chi connectivity index (χ4n) is 2.51. The summed E-state index contributed by atoms with van der Waals surface area (Å²) in [6, 6.07) is 3.68. The molecule has 1 aromatic heterocycles. The maximum absolute atomic E-state index is 10.3. The van der Waals surface area contributed by atoms with Gasteiger partial charge in [-0.25, -0.2) is 4.99 Å². The minimum Gasteiger partial charge on any atom is -0.503 e. The average molecular weight is 297 g/mol. The highest BCUT2D eigenvalue weighted by molar-refractivity contribution is 6.43. The zero-order chi connectivity index (χ0) is 15.7. The van der Waals surface area contributed by atoms with Gasteiger partial charge in [0.15, 0.2) is 11.5 Å². The Labute approximate surface area is 129 Å². The molecule has 0 saturated carbocycles. The average Bonchev–Trinajstić information content (AvgIpc) is 2.51. The molecule has 2 aromatic rings. The van der Waals surface area contributed by atoms with Gasteiger partial charge in [0, 0.05) is 18.1 Å². The van der Waals surface area contributed by atoms with Crippen LogP contribution in [0.3, 0.4) is 0 Å². The van der Waals surface area contributed by atoms with Crippen LogP contribution in [0.5, 0.6) is 11.5 Å². The zero-order valence-electron chi connectivity index (χ0n) is 13.0. The first-order chi connectivity index (χ1) is 10.6. The quantitative estimate of drug-likeness (QED) is 0.939.